The van der Waals surface area contributed by atoms with E-state index in [0.717, 1.165) is 11.9 Å². The molecule has 0 unspecified atom stereocenters. The van der Waals surface area contributed by atoms with Crippen molar-refractivity contribution >= 4 is 33.1 Å². The lowest BCUT2D eigenvalue weighted by atomic mass is 10.1. The molecule has 0 aromatic heterocycles. The predicted octanol–water partition coefficient (Wildman–Crippen LogP) is 3.10. The Hall–Kier alpha value is -2.67. The van der Waals surface area contributed by atoms with Crippen LogP contribution in [0.1, 0.15) is 30.6 Å². The van der Waals surface area contributed by atoms with Crippen LogP contribution in [0.5, 0.6) is 0 Å². The molecule has 2 rings (SSSR count). The van der Waals surface area contributed by atoms with Gasteiger partial charge >= 0.3 is 0 Å². The van der Waals surface area contributed by atoms with Crippen LogP contribution in [0.2, 0.25) is 0 Å². The Labute approximate surface area is 160 Å². The quantitative estimate of drug-likeness (QED) is 0.651. The number of ketones is 1. The molecule has 0 saturated heterocycles. The van der Waals surface area contributed by atoms with Gasteiger partial charge in [0.2, 0.25) is 15.9 Å². The highest BCUT2D eigenvalue weighted by atomic mass is 32.2. The van der Waals surface area contributed by atoms with E-state index in [4.69, 9.17) is 0 Å². The number of carbonyl (C=O) groups is 2. The summed E-state index contributed by atoms with van der Waals surface area (Å²) in [6.45, 7) is 3.85. The van der Waals surface area contributed by atoms with E-state index in [1.807, 2.05) is 37.3 Å². The number of carbonyl (C=O) groups excluding carboxylic acids is 2. The fourth-order valence-electron chi connectivity index (χ4n) is 2.79. The summed E-state index contributed by atoms with van der Waals surface area (Å²) in [4.78, 5) is 25.7. The van der Waals surface area contributed by atoms with E-state index < -0.39 is 10.0 Å². The zero-order valence-corrected chi connectivity index (χ0v) is 16.6. The fraction of sp³-hybridized carbons (Fsp3) is 0.300. The molecule has 1 amide bonds. The largest absolute Gasteiger partial charge is 0.313 e. The van der Waals surface area contributed by atoms with Crippen molar-refractivity contribution in [1.29, 1.82) is 0 Å². The van der Waals surface area contributed by atoms with Gasteiger partial charge in [0.05, 0.1) is 11.9 Å². The minimum absolute atomic E-state index is 0.0282. The number of rotatable bonds is 8. The van der Waals surface area contributed by atoms with E-state index in [-0.39, 0.29) is 24.7 Å². The lowest BCUT2D eigenvalue weighted by Crippen LogP contribution is -2.36. The third-order valence-corrected chi connectivity index (χ3v) is 5.37. The first-order valence-electron chi connectivity index (χ1n) is 8.68. The maximum absolute atomic E-state index is 12.6. The SMILES string of the molecule is CCN(C(=O)CCN(c1ccc(C(C)=O)cc1)S(C)(=O)=O)c1ccccc1. The Kier molecular flexibility index (Phi) is 6.74. The molecule has 0 aliphatic rings. The molecule has 2 aromatic rings. The number of amides is 1. The van der Waals surface area contributed by atoms with E-state index in [1.165, 1.54) is 11.2 Å². The number of benzene rings is 2. The molecule has 0 heterocycles. The first-order valence-corrected chi connectivity index (χ1v) is 10.5. The van der Waals surface area contributed by atoms with Crippen LogP contribution >= 0.6 is 0 Å². The lowest BCUT2D eigenvalue weighted by Gasteiger charge is -2.25. The number of hydrogen-bond donors (Lipinski definition) is 0. The second-order valence-corrected chi connectivity index (χ2v) is 8.07. The monoisotopic (exact) mass is 388 g/mol. The summed E-state index contributed by atoms with van der Waals surface area (Å²) in [6, 6.07) is 15.6. The molecule has 7 heteroatoms. The van der Waals surface area contributed by atoms with E-state index in [2.05, 4.69) is 0 Å². The molecular weight excluding hydrogens is 364 g/mol. The zero-order valence-electron chi connectivity index (χ0n) is 15.8. The Balaban J connectivity index is 2.17. The normalized spacial score (nSPS) is 11.1. The van der Waals surface area contributed by atoms with Crippen LogP contribution in [-0.4, -0.2) is 39.5 Å². The molecule has 0 N–H and O–H groups in total. The van der Waals surface area contributed by atoms with Crippen molar-refractivity contribution in [3.05, 3.63) is 60.2 Å². The van der Waals surface area contributed by atoms with E-state index in [0.29, 0.717) is 17.8 Å². The molecule has 27 heavy (non-hydrogen) atoms. The summed E-state index contributed by atoms with van der Waals surface area (Å²) in [5, 5.41) is 0. The van der Waals surface area contributed by atoms with Gasteiger partial charge in [0.25, 0.3) is 0 Å². The molecule has 0 fully saturated rings. The van der Waals surface area contributed by atoms with E-state index in [9.17, 15) is 18.0 Å². The first kappa shape index (κ1) is 20.6. The summed E-state index contributed by atoms with van der Waals surface area (Å²) >= 11 is 0. The minimum Gasteiger partial charge on any atom is -0.313 e. The standard InChI is InChI=1S/C20H24N2O4S/c1-4-21(18-8-6-5-7-9-18)20(24)14-15-22(27(3,25)26)19-12-10-17(11-13-19)16(2)23/h5-13H,4,14-15H2,1-3H3. The van der Waals surface area contributed by atoms with Crippen LogP contribution in [0.3, 0.4) is 0 Å². The highest BCUT2D eigenvalue weighted by Crippen LogP contribution is 2.20. The molecule has 0 saturated carbocycles. The van der Waals surface area contributed by atoms with Crippen molar-refractivity contribution in [3.63, 3.8) is 0 Å². The minimum atomic E-state index is -3.57. The highest BCUT2D eigenvalue weighted by Gasteiger charge is 2.21. The number of Topliss-reactive ketones (excluding diaryl/α,β-unsaturated/α-hetero) is 1. The lowest BCUT2D eigenvalue weighted by molar-refractivity contribution is -0.118. The van der Waals surface area contributed by atoms with Gasteiger partial charge in [-0.25, -0.2) is 8.42 Å². The fourth-order valence-corrected chi connectivity index (χ4v) is 3.72. The van der Waals surface area contributed by atoms with Gasteiger partial charge in [-0.15, -0.1) is 0 Å². The summed E-state index contributed by atoms with van der Waals surface area (Å²) in [7, 11) is -3.57. The molecule has 0 aliphatic carbocycles. The van der Waals surface area contributed by atoms with Crippen molar-refractivity contribution in [2.24, 2.45) is 0 Å². The molecular formula is C20H24N2O4S. The smallest absolute Gasteiger partial charge is 0.232 e. The Morgan fingerprint density at radius 3 is 2.00 bits per heavy atom. The van der Waals surface area contributed by atoms with Crippen molar-refractivity contribution in [1.82, 2.24) is 0 Å². The van der Waals surface area contributed by atoms with Crippen molar-refractivity contribution < 1.29 is 18.0 Å². The van der Waals surface area contributed by atoms with Crippen LogP contribution in [-0.2, 0) is 14.8 Å². The van der Waals surface area contributed by atoms with Gasteiger partial charge < -0.3 is 4.90 Å². The van der Waals surface area contributed by atoms with Crippen molar-refractivity contribution in [3.8, 4) is 0 Å². The van der Waals surface area contributed by atoms with Crippen LogP contribution in [0.4, 0.5) is 11.4 Å². The second kappa shape index (κ2) is 8.81. The van der Waals surface area contributed by atoms with Gasteiger partial charge in [-0.1, -0.05) is 18.2 Å². The Bertz CT molecular complexity index is 893. The molecule has 144 valence electrons. The number of para-hydroxylation sites is 1. The van der Waals surface area contributed by atoms with Crippen LogP contribution < -0.4 is 9.21 Å². The number of anilines is 2. The van der Waals surface area contributed by atoms with Gasteiger partial charge in [0.1, 0.15) is 0 Å². The maximum atomic E-state index is 12.6. The number of hydrogen-bond acceptors (Lipinski definition) is 4. The summed E-state index contributed by atoms with van der Waals surface area (Å²) in [5.74, 6) is -0.248. The van der Waals surface area contributed by atoms with Crippen LogP contribution in [0, 0.1) is 0 Å². The number of nitrogens with zero attached hydrogens (tertiary/aromatic N) is 2. The average molecular weight is 388 g/mol. The molecule has 2 aromatic carbocycles. The zero-order chi connectivity index (χ0) is 20.0. The molecule has 0 radical (unpaired) electrons. The molecule has 0 aliphatic heterocycles. The van der Waals surface area contributed by atoms with Gasteiger partial charge in [0, 0.05) is 30.8 Å². The predicted molar refractivity (Wildman–Crippen MR) is 108 cm³/mol. The Morgan fingerprint density at radius 2 is 1.52 bits per heavy atom. The highest BCUT2D eigenvalue weighted by molar-refractivity contribution is 7.92. The third kappa shape index (κ3) is 5.40. The molecule has 0 spiro atoms. The first-order chi connectivity index (χ1) is 12.7. The van der Waals surface area contributed by atoms with E-state index in [1.54, 1.807) is 29.2 Å². The summed E-state index contributed by atoms with van der Waals surface area (Å²) < 4.78 is 25.6. The molecule has 6 nitrogen and oxygen atoms in total. The third-order valence-electron chi connectivity index (χ3n) is 4.18. The van der Waals surface area contributed by atoms with Gasteiger partial charge in [0.15, 0.2) is 5.78 Å². The summed E-state index contributed by atoms with van der Waals surface area (Å²) in [6.07, 6.45) is 1.15. The van der Waals surface area contributed by atoms with Crippen molar-refractivity contribution in [2.75, 3.05) is 28.6 Å². The van der Waals surface area contributed by atoms with Crippen LogP contribution in [0.15, 0.2) is 54.6 Å². The van der Waals surface area contributed by atoms with Gasteiger partial charge in [-0.3, -0.25) is 13.9 Å². The second-order valence-electron chi connectivity index (χ2n) is 6.16. The molecule has 0 atom stereocenters. The average Bonchev–Trinajstić information content (AvgIpc) is 2.62. The van der Waals surface area contributed by atoms with E-state index >= 15 is 0 Å². The number of sulfonamides is 1. The van der Waals surface area contributed by atoms with Crippen molar-refractivity contribution in [2.45, 2.75) is 20.3 Å². The van der Waals surface area contributed by atoms with Crippen LogP contribution in [0.25, 0.3) is 0 Å². The van der Waals surface area contributed by atoms with Gasteiger partial charge in [-0.05, 0) is 50.2 Å². The Morgan fingerprint density at radius 1 is 0.926 bits per heavy atom. The molecule has 0 bridgehead atoms. The van der Waals surface area contributed by atoms with Gasteiger partial charge in [-0.2, -0.15) is 0 Å². The topological polar surface area (TPSA) is 74.8 Å². The maximum Gasteiger partial charge on any atom is 0.232 e. The summed E-state index contributed by atoms with van der Waals surface area (Å²) in [5.41, 5.74) is 1.71.